The van der Waals surface area contributed by atoms with Crippen molar-refractivity contribution < 1.29 is 0 Å². The molecule has 0 radical (unpaired) electrons. The molecule has 0 aromatic heterocycles. The van der Waals surface area contributed by atoms with Crippen LogP contribution in [-0.4, -0.2) is 0 Å². The van der Waals surface area contributed by atoms with E-state index in [-0.39, 0.29) is 5.41 Å². The molecule has 0 aliphatic heterocycles. The summed E-state index contributed by atoms with van der Waals surface area (Å²) < 4.78 is 0. The maximum absolute atomic E-state index is 2.54. The Morgan fingerprint density at radius 3 is 1.12 bits per heavy atom. The van der Waals surface area contributed by atoms with Crippen molar-refractivity contribution in [2.45, 2.75) is 37.5 Å². The molecule has 0 amide bonds. The monoisotopic (exact) mass is 838 g/mol. The van der Waals surface area contributed by atoms with Gasteiger partial charge in [-0.15, -0.1) is 0 Å². The van der Waals surface area contributed by atoms with Crippen molar-refractivity contribution in [2.24, 2.45) is 0 Å². The van der Waals surface area contributed by atoms with E-state index >= 15 is 0 Å². The predicted octanol–water partition coefficient (Wildman–Crippen LogP) is 18.4. The Labute approximate surface area is 385 Å². The quantitative estimate of drug-likeness (QED) is 0.116. The minimum absolute atomic E-state index is 0.0572. The average molecular weight is 839 g/mol. The van der Waals surface area contributed by atoms with Gasteiger partial charge in [0.05, 0.1) is 0 Å². The minimum atomic E-state index is 0.0572. The van der Waals surface area contributed by atoms with Crippen LogP contribution < -0.4 is 0 Å². The lowest BCUT2D eigenvalue weighted by Gasteiger charge is -2.36. The lowest BCUT2D eigenvalue weighted by atomic mass is 9.67. The third kappa shape index (κ3) is 5.77. The van der Waals surface area contributed by atoms with Crippen LogP contribution in [0.5, 0.6) is 0 Å². The molecule has 12 aromatic rings. The molecule has 0 heterocycles. The van der Waals surface area contributed by atoms with Gasteiger partial charge in [-0.3, -0.25) is 0 Å². The second kappa shape index (κ2) is 14.6. The predicted molar refractivity (Wildman–Crippen MR) is 285 cm³/mol. The van der Waals surface area contributed by atoms with E-state index in [0.717, 1.165) is 0 Å². The molecular weight excluding hydrogens is 793 g/mol. The SMILES string of the molecule is C(=Cc1ccc2ccc3cccc4ccc1c2c34)c1ccc(-c2ccc3c(c2)C2(CCCCC2)c2cc(-c4ccc(C=Cc5ccc6ccc7cccc8ccc5c6c78)cc4)ccc2-3)cc1. The fourth-order valence-electron chi connectivity index (χ4n) is 12.3. The fourth-order valence-corrected chi connectivity index (χ4v) is 12.3. The van der Waals surface area contributed by atoms with Crippen LogP contribution in [0.2, 0.25) is 0 Å². The Balaban J connectivity index is 0.741. The van der Waals surface area contributed by atoms with Crippen LogP contribution >= 0.6 is 0 Å². The van der Waals surface area contributed by atoms with Crippen LogP contribution in [0.1, 0.15) is 65.5 Å². The molecule has 0 heteroatoms. The van der Waals surface area contributed by atoms with Crippen LogP contribution in [0.15, 0.2) is 194 Å². The molecule has 2 aliphatic carbocycles. The summed E-state index contributed by atoms with van der Waals surface area (Å²) in [5.41, 5.74) is 16.0. The number of benzene rings is 12. The summed E-state index contributed by atoms with van der Waals surface area (Å²) in [6.45, 7) is 0. The summed E-state index contributed by atoms with van der Waals surface area (Å²) in [5.74, 6) is 0. The van der Waals surface area contributed by atoms with E-state index in [2.05, 4.69) is 218 Å². The van der Waals surface area contributed by atoms with Gasteiger partial charge in [0.1, 0.15) is 0 Å². The van der Waals surface area contributed by atoms with Gasteiger partial charge in [0, 0.05) is 5.41 Å². The molecule has 1 fully saturated rings. The van der Waals surface area contributed by atoms with Crippen LogP contribution in [0, 0.1) is 0 Å². The van der Waals surface area contributed by atoms with Gasteiger partial charge < -0.3 is 0 Å². The Morgan fingerprint density at radius 1 is 0.303 bits per heavy atom. The third-order valence-electron chi connectivity index (χ3n) is 15.6. The number of rotatable bonds is 6. The second-order valence-electron chi connectivity index (χ2n) is 19.1. The lowest BCUT2D eigenvalue weighted by molar-refractivity contribution is 0.353. The maximum atomic E-state index is 2.54. The van der Waals surface area contributed by atoms with Crippen molar-refractivity contribution in [1.82, 2.24) is 0 Å². The molecular formula is C66H46. The van der Waals surface area contributed by atoms with Gasteiger partial charge in [0.15, 0.2) is 0 Å². The summed E-state index contributed by atoms with van der Waals surface area (Å²) >= 11 is 0. The summed E-state index contributed by atoms with van der Waals surface area (Å²) in [5, 5.41) is 15.9. The fraction of sp³-hybridized carbons (Fsp3) is 0.0909. The highest BCUT2D eigenvalue weighted by Gasteiger charge is 2.44. The normalized spacial score (nSPS) is 14.7. The van der Waals surface area contributed by atoms with Crippen molar-refractivity contribution in [3.63, 3.8) is 0 Å². The van der Waals surface area contributed by atoms with E-state index in [1.807, 2.05) is 0 Å². The first-order valence-corrected chi connectivity index (χ1v) is 23.8. The van der Waals surface area contributed by atoms with Crippen LogP contribution in [0.25, 0.3) is 122 Å². The Bertz CT molecular complexity index is 3640. The van der Waals surface area contributed by atoms with Gasteiger partial charge in [0.2, 0.25) is 0 Å². The Morgan fingerprint density at radius 2 is 0.682 bits per heavy atom. The molecule has 0 atom stereocenters. The molecule has 1 saturated carbocycles. The van der Waals surface area contributed by atoms with Crippen molar-refractivity contribution in [1.29, 1.82) is 0 Å². The second-order valence-corrected chi connectivity index (χ2v) is 19.1. The van der Waals surface area contributed by atoms with E-state index in [0.29, 0.717) is 0 Å². The molecule has 12 aromatic carbocycles. The molecule has 0 bridgehead atoms. The first-order valence-electron chi connectivity index (χ1n) is 23.8. The Kier molecular flexibility index (Phi) is 8.32. The third-order valence-corrected chi connectivity index (χ3v) is 15.6. The number of hydrogen-bond donors (Lipinski definition) is 0. The molecule has 310 valence electrons. The van der Waals surface area contributed by atoms with Gasteiger partial charge in [-0.2, -0.15) is 0 Å². The highest BCUT2D eigenvalue weighted by Crippen LogP contribution is 2.57. The molecule has 2 aliphatic rings. The highest BCUT2D eigenvalue weighted by molar-refractivity contribution is 6.25. The van der Waals surface area contributed by atoms with E-state index in [4.69, 9.17) is 0 Å². The lowest BCUT2D eigenvalue weighted by Crippen LogP contribution is -2.28. The Hall–Kier alpha value is -7.80. The van der Waals surface area contributed by atoms with E-state index in [1.165, 1.54) is 164 Å². The van der Waals surface area contributed by atoms with E-state index < -0.39 is 0 Å². The molecule has 66 heavy (non-hydrogen) atoms. The first kappa shape index (κ1) is 37.6. The van der Waals surface area contributed by atoms with Crippen LogP contribution in [0.3, 0.4) is 0 Å². The van der Waals surface area contributed by atoms with Gasteiger partial charge in [-0.05, 0) is 156 Å². The van der Waals surface area contributed by atoms with Gasteiger partial charge in [-0.1, -0.05) is 226 Å². The average Bonchev–Trinajstić information content (AvgIpc) is 3.63. The summed E-state index contributed by atoms with van der Waals surface area (Å²) in [6.07, 6.45) is 15.4. The molecule has 0 nitrogen and oxygen atoms in total. The van der Waals surface area contributed by atoms with Gasteiger partial charge in [-0.25, -0.2) is 0 Å². The summed E-state index contributed by atoms with van der Waals surface area (Å²) in [6, 6.07) is 73.4. The molecule has 0 saturated heterocycles. The molecule has 1 spiro atoms. The zero-order valence-electron chi connectivity index (χ0n) is 36.8. The smallest absolute Gasteiger partial charge is 0.0215 e. The number of fused-ring (bicyclic) bond motifs is 5. The molecule has 0 unspecified atom stereocenters. The van der Waals surface area contributed by atoms with Crippen molar-refractivity contribution in [3.05, 3.63) is 228 Å². The van der Waals surface area contributed by atoms with Gasteiger partial charge >= 0.3 is 0 Å². The zero-order valence-corrected chi connectivity index (χ0v) is 36.8. The van der Waals surface area contributed by atoms with Crippen molar-refractivity contribution in [2.75, 3.05) is 0 Å². The van der Waals surface area contributed by atoms with E-state index in [1.54, 1.807) is 0 Å². The number of hydrogen-bond acceptors (Lipinski definition) is 0. The summed E-state index contributed by atoms with van der Waals surface area (Å²) in [7, 11) is 0. The first-order chi connectivity index (χ1) is 32.6. The molecule has 0 N–H and O–H groups in total. The van der Waals surface area contributed by atoms with Crippen molar-refractivity contribution in [3.8, 4) is 33.4 Å². The highest BCUT2D eigenvalue weighted by atomic mass is 14.5. The van der Waals surface area contributed by atoms with Crippen LogP contribution in [-0.2, 0) is 5.41 Å². The maximum Gasteiger partial charge on any atom is 0.0215 e. The van der Waals surface area contributed by atoms with E-state index in [9.17, 15) is 0 Å². The summed E-state index contributed by atoms with van der Waals surface area (Å²) in [4.78, 5) is 0. The van der Waals surface area contributed by atoms with Crippen LogP contribution in [0.4, 0.5) is 0 Å². The largest absolute Gasteiger partial charge is 0.0610 e. The standard InChI is InChI=1S/C66H46/c1-2-38-66(39-3-1)60-40-54(44-16-10-42(11-17-44)14-20-46-22-24-52-28-26-48-6-4-8-50-30-34-56(46)64(52)62(48)50)32-36-58(60)59-37-33-55(41-61(59)66)45-18-12-43(13-19-45)15-21-47-23-25-53-29-27-49-7-5-9-51-31-35-57(47)65(53)63(49)51/h4-37,40-41H,1-3,38-39H2. The minimum Gasteiger partial charge on any atom is -0.0610 e. The molecule has 14 rings (SSSR count). The topological polar surface area (TPSA) is 0 Å². The van der Waals surface area contributed by atoms with Crippen molar-refractivity contribution >= 4 is 88.9 Å². The van der Waals surface area contributed by atoms with Gasteiger partial charge in [0.25, 0.3) is 0 Å². The zero-order chi connectivity index (χ0) is 43.3.